The van der Waals surface area contributed by atoms with E-state index in [4.69, 9.17) is 34.8 Å². The first kappa shape index (κ1) is 11.0. The Hall–Kier alpha value is -0.0500. The van der Waals surface area contributed by atoms with Crippen molar-refractivity contribution in [2.45, 2.75) is 12.8 Å². The number of rotatable bonds is 2. The Balaban J connectivity index is 2.83. The van der Waals surface area contributed by atoms with Gasteiger partial charge in [0.2, 0.25) is 10.5 Å². The predicted molar refractivity (Wildman–Crippen MR) is 51.9 cm³/mol. The molecule has 0 saturated carbocycles. The van der Waals surface area contributed by atoms with Crippen molar-refractivity contribution in [1.82, 2.24) is 0 Å². The van der Waals surface area contributed by atoms with Crippen molar-refractivity contribution < 1.29 is 9.59 Å². The molecule has 0 aliphatic heterocycles. The van der Waals surface area contributed by atoms with E-state index in [0.29, 0.717) is 17.9 Å². The Labute approximate surface area is 90.8 Å². The normalized spacial score (nSPS) is 28.1. The standard InChI is InChI=1S/C8H7Cl3O2/c9-4-1-2-5(7(10)12)6(3-4)8(11)13/h1,5-6H,2-3H2. The highest BCUT2D eigenvalue weighted by Gasteiger charge is 2.34. The SMILES string of the molecule is O=C(Cl)C1CC=C(Cl)CC1C(=O)Cl. The molecule has 72 valence electrons. The molecule has 1 aliphatic rings. The van der Waals surface area contributed by atoms with Crippen molar-refractivity contribution >= 4 is 45.3 Å². The lowest BCUT2D eigenvalue weighted by Gasteiger charge is -2.23. The molecule has 0 aromatic rings. The topological polar surface area (TPSA) is 34.1 Å². The van der Waals surface area contributed by atoms with Crippen LogP contribution in [0.5, 0.6) is 0 Å². The van der Waals surface area contributed by atoms with Crippen LogP contribution in [0.3, 0.4) is 0 Å². The summed E-state index contributed by atoms with van der Waals surface area (Å²) in [4.78, 5) is 21.8. The van der Waals surface area contributed by atoms with Gasteiger partial charge in [0, 0.05) is 16.9 Å². The van der Waals surface area contributed by atoms with E-state index in [1.54, 1.807) is 6.08 Å². The zero-order chi connectivity index (χ0) is 10.0. The average molecular weight is 242 g/mol. The Morgan fingerprint density at radius 3 is 2.23 bits per heavy atom. The molecule has 0 radical (unpaired) electrons. The first-order valence-electron chi connectivity index (χ1n) is 3.75. The maximum absolute atomic E-state index is 10.9. The lowest BCUT2D eigenvalue weighted by Crippen LogP contribution is -2.27. The predicted octanol–water partition coefficient (Wildman–Crippen LogP) is 2.67. The largest absolute Gasteiger partial charge is 0.281 e. The summed E-state index contributed by atoms with van der Waals surface area (Å²) in [5.41, 5.74) is 0. The van der Waals surface area contributed by atoms with Crippen LogP contribution in [0, 0.1) is 11.8 Å². The minimum atomic E-state index is -0.566. The summed E-state index contributed by atoms with van der Waals surface area (Å²) in [7, 11) is 0. The highest BCUT2D eigenvalue weighted by Crippen LogP contribution is 2.34. The third-order valence-electron chi connectivity index (χ3n) is 2.08. The second-order valence-corrected chi connectivity index (χ2v) is 4.14. The van der Waals surface area contributed by atoms with E-state index >= 15 is 0 Å². The van der Waals surface area contributed by atoms with Gasteiger partial charge in [-0.15, -0.1) is 0 Å². The van der Waals surface area contributed by atoms with E-state index in [-0.39, 0.29) is 0 Å². The lowest BCUT2D eigenvalue weighted by atomic mass is 9.84. The first-order chi connectivity index (χ1) is 6.02. The summed E-state index contributed by atoms with van der Waals surface area (Å²) in [6.07, 6.45) is 2.40. The number of carbonyl (C=O) groups excluding carboxylic acids is 2. The molecular formula is C8H7Cl3O2. The van der Waals surface area contributed by atoms with Crippen LogP contribution in [0.4, 0.5) is 0 Å². The van der Waals surface area contributed by atoms with Gasteiger partial charge < -0.3 is 0 Å². The molecule has 0 saturated heterocycles. The van der Waals surface area contributed by atoms with Crippen LogP contribution in [-0.4, -0.2) is 10.5 Å². The van der Waals surface area contributed by atoms with E-state index in [9.17, 15) is 9.59 Å². The molecule has 13 heavy (non-hydrogen) atoms. The number of allylic oxidation sites excluding steroid dienone is 2. The third kappa shape index (κ3) is 2.70. The molecule has 2 atom stereocenters. The van der Waals surface area contributed by atoms with Gasteiger partial charge in [0.05, 0.1) is 0 Å². The van der Waals surface area contributed by atoms with E-state index in [1.165, 1.54) is 0 Å². The summed E-state index contributed by atoms with van der Waals surface area (Å²) in [6.45, 7) is 0. The maximum Gasteiger partial charge on any atom is 0.225 e. The van der Waals surface area contributed by atoms with E-state index < -0.39 is 22.3 Å². The fourth-order valence-corrected chi connectivity index (χ4v) is 2.07. The second-order valence-electron chi connectivity index (χ2n) is 2.91. The van der Waals surface area contributed by atoms with Crippen LogP contribution < -0.4 is 0 Å². The maximum atomic E-state index is 10.9. The highest BCUT2D eigenvalue weighted by molar-refractivity contribution is 6.66. The van der Waals surface area contributed by atoms with E-state index in [1.807, 2.05) is 0 Å². The molecule has 0 fully saturated rings. The molecule has 0 bridgehead atoms. The van der Waals surface area contributed by atoms with Crippen LogP contribution in [0.15, 0.2) is 11.1 Å². The first-order valence-corrected chi connectivity index (χ1v) is 4.89. The van der Waals surface area contributed by atoms with Crippen LogP contribution in [0.1, 0.15) is 12.8 Å². The number of halogens is 3. The zero-order valence-electron chi connectivity index (χ0n) is 6.60. The van der Waals surface area contributed by atoms with Crippen molar-refractivity contribution in [2.75, 3.05) is 0 Å². The number of carbonyl (C=O) groups is 2. The molecule has 1 rings (SSSR count). The van der Waals surface area contributed by atoms with Gasteiger partial charge in [-0.05, 0) is 36.0 Å². The molecule has 2 unspecified atom stereocenters. The quantitative estimate of drug-likeness (QED) is 0.697. The molecular weight excluding hydrogens is 234 g/mol. The Morgan fingerprint density at radius 1 is 1.23 bits per heavy atom. The van der Waals surface area contributed by atoms with Crippen molar-refractivity contribution in [3.63, 3.8) is 0 Å². The van der Waals surface area contributed by atoms with Gasteiger partial charge in [-0.3, -0.25) is 9.59 Å². The summed E-state index contributed by atoms with van der Waals surface area (Å²) in [6, 6.07) is 0. The van der Waals surface area contributed by atoms with Crippen LogP contribution in [0.2, 0.25) is 0 Å². The van der Waals surface area contributed by atoms with Crippen LogP contribution in [0.25, 0.3) is 0 Å². The van der Waals surface area contributed by atoms with Crippen molar-refractivity contribution in [3.05, 3.63) is 11.1 Å². The monoisotopic (exact) mass is 240 g/mol. The fourth-order valence-electron chi connectivity index (χ4n) is 1.34. The number of hydrogen-bond acceptors (Lipinski definition) is 2. The molecule has 2 nitrogen and oxygen atoms in total. The van der Waals surface area contributed by atoms with Gasteiger partial charge in [0.25, 0.3) is 0 Å². The Kier molecular flexibility index (Phi) is 3.77. The van der Waals surface area contributed by atoms with Crippen LogP contribution >= 0.6 is 34.8 Å². The van der Waals surface area contributed by atoms with Crippen molar-refractivity contribution in [2.24, 2.45) is 11.8 Å². The van der Waals surface area contributed by atoms with Gasteiger partial charge in [0.15, 0.2) is 0 Å². The summed E-state index contributed by atoms with van der Waals surface area (Å²) in [5.74, 6) is -1.08. The molecule has 0 spiro atoms. The molecule has 0 amide bonds. The molecule has 0 aromatic carbocycles. The fraction of sp³-hybridized carbons (Fsp3) is 0.500. The van der Waals surface area contributed by atoms with Crippen molar-refractivity contribution in [3.8, 4) is 0 Å². The molecule has 1 aliphatic carbocycles. The highest BCUT2D eigenvalue weighted by atomic mass is 35.5. The third-order valence-corrected chi connectivity index (χ3v) is 2.95. The van der Waals surface area contributed by atoms with Gasteiger partial charge >= 0.3 is 0 Å². The summed E-state index contributed by atoms with van der Waals surface area (Å²) in [5, 5.41) is -0.516. The average Bonchev–Trinajstić information content (AvgIpc) is 2.03. The number of hydrogen-bond donors (Lipinski definition) is 0. The molecule has 0 N–H and O–H groups in total. The molecule has 0 aromatic heterocycles. The summed E-state index contributed by atoms with van der Waals surface area (Å²) >= 11 is 16.4. The van der Waals surface area contributed by atoms with E-state index in [0.717, 1.165) is 0 Å². The van der Waals surface area contributed by atoms with Crippen molar-refractivity contribution in [1.29, 1.82) is 0 Å². The van der Waals surface area contributed by atoms with Gasteiger partial charge in [0.1, 0.15) is 0 Å². The van der Waals surface area contributed by atoms with Gasteiger partial charge in [-0.25, -0.2) is 0 Å². The summed E-state index contributed by atoms with van der Waals surface area (Å²) < 4.78 is 0. The van der Waals surface area contributed by atoms with Crippen LogP contribution in [-0.2, 0) is 9.59 Å². The minimum Gasteiger partial charge on any atom is -0.281 e. The second kappa shape index (κ2) is 4.45. The Bertz CT molecular complexity index is 273. The zero-order valence-corrected chi connectivity index (χ0v) is 8.86. The smallest absolute Gasteiger partial charge is 0.225 e. The lowest BCUT2D eigenvalue weighted by molar-refractivity contribution is -0.124. The Morgan fingerprint density at radius 2 is 1.77 bits per heavy atom. The molecule has 5 heteroatoms. The van der Waals surface area contributed by atoms with Gasteiger partial charge in [-0.2, -0.15) is 0 Å². The van der Waals surface area contributed by atoms with E-state index in [2.05, 4.69) is 0 Å². The minimum absolute atomic E-state index is 0.313. The van der Waals surface area contributed by atoms with Gasteiger partial charge in [-0.1, -0.05) is 17.7 Å². The molecule has 0 heterocycles.